The summed E-state index contributed by atoms with van der Waals surface area (Å²) in [7, 11) is 0. The SMILES string of the molecule is CCCCN(Cc1ccccc1)C(=O)OC(=O)CN. The summed E-state index contributed by atoms with van der Waals surface area (Å²) in [6.45, 7) is 2.73. The van der Waals surface area contributed by atoms with Crippen molar-refractivity contribution in [1.82, 2.24) is 4.90 Å². The predicted molar refractivity (Wildman–Crippen MR) is 72.3 cm³/mol. The number of rotatable bonds is 6. The zero-order chi connectivity index (χ0) is 14.1. The average Bonchev–Trinajstić information content (AvgIpc) is 2.44. The van der Waals surface area contributed by atoms with E-state index in [9.17, 15) is 9.59 Å². The molecule has 0 aliphatic heterocycles. The van der Waals surface area contributed by atoms with E-state index in [0.29, 0.717) is 13.1 Å². The first kappa shape index (κ1) is 15.2. The Morgan fingerprint density at radius 1 is 1.26 bits per heavy atom. The van der Waals surface area contributed by atoms with Crippen LogP contribution in [0.15, 0.2) is 30.3 Å². The van der Waals surface area contributed by atoms with Crippen molar-refractivity contribution in [3.63, 3.8) is 0 Å². The van der Waals surface area contributed by atoms with Crippen molar-refractivity contribution in [1.29, 1.82) is 0 Å². The fourth-order valence-electron chi connectivity index (χ4n) is 1.59. The van der Waals surface area contributed by atoms with Crippen molar-refractivity contribution in [3.8, 4) is 0 Å². The van der Waals surface area contributed by atoms with Gasteiger partial charge in [-0.3, -0.25) is 4.79 Å². The number of esters is 1. The van der Waals surface area contributed by atoms with Crippen molar-refractivity contribution < 1.29 is 14.3 Å². The number of ether oxygens (including phenoxy) is 1. The molecule has 0 bridgehead atoms. The normalized spacial score (nSPS) is 10.0. The number of hydrogen-bond acceptors (Lipinski definition) is 4. The summed E-state index contributed by atoms with van der Waals surface area (Å²) in [6.07, 6.45) is 1.19. The van der Waals surface area contributed by atoms with E-state index in [2.05, 4.69) is 4.74 Å². The van der Waals surface area contributed by atoms with Gasteiger partial charge in [0, 0.05) is 13.1 Å². The van der Waals surface area contributed by atoms with Gasteiger partial charge >= 0.3 is 12.1 Å². The Morgan fingerprint density at radius 3 is 2.53 bits per heavy atom. The number of benzene rings is 1. The molecule has 0 aliphatic rings. The van der Waals surface area contributed by atoms with Crippen LogP contribution in [0.1, 0.15) is 25.3 Å². The van der Waals surface area contributed by atoms with Crippen LogP contribution in [0.3, 0.4) is 0 Å². The predicted octanol–water partition coefficient (Wildman–Crippen LogP) is 1.91. The highest BCUT2D eigenvalue weighted by atomic mass is 16.6. The molecule has 1 rings (SSSR count). The highest BCUT2D eigenvalue weighted by molar-refractivity contribution is 5.85. The number of hydrogen-bond donors (Lipinski definition) is 1. The van der Waals surface area contributed by atoms with Crippen molar-refractivity contribution in [2.45, 2.75) is 26.3 Å². The molecule has 2 N–H and O–H groups in total. The molecule has 0 spiro atoms. The summed E-state index contributed by atoms with van der Waals surface area (Å²) in [4.78, 5) is 24.4. The molecular weight excluding hydrogens is 244 g/mol. The maximum Gasteiger partial charge on any atom is 0.417 e. The van der Waals surface area contributed by atoms with Gasteiger partial charge in [0.2, 0.25) is 0 Å². The molecule has 0 fully saturated rings. The Morgan fingerprint density at radius 2 is 1.95 bits per heavy atom. The smallest absolute Gasteiger partial charge is 0.375 e. The molecular formula is C14H20N2O3. The maximum absolute atomic E-state index is 11.9. The van der Waals surface area contributed by atoms with Crippen molar-refractivity contribution in [3.05, 3.63) is 35.9 Å². The minimum atomic E-state index is -0.709. The van der Waals surface area contributed by atoms with Gasteiger partial charge in [0.1, 0.15) is 0 Å². The van der Waals surface area contributed by atoms with Crippen LogP contribution in [0.2, 0.25) is 0 Å². The van der Waals surface area contributed by atoms with E-state index < -0.39 is 12.1 Å². The van der Waals surface area contributed by atoms with Crippen molar-refractivity contribution >= 4 is 12.1 Å². The summed E-state index contributed by atoms with van der Waals surface area (Å²) in [5.41, 5.74) is 6.12. The van der Waals surface area contributed by atoms with Crippen LogP contribution in [0.4, 0.5) is 4.79 Å². The Labute approximate surface area is 113 Å². The molecule has 5 heteroatoms. The van der Waals surface area contributed by atoms with E-state index in [1.54, 1.807) is 0 Å². The highest BCUT2D eigenvalue weighted by Gasteiger charge is 2.17. The third-order valence-electron chi connectivity index (χ3n) is 2.62. The minimum absolute atomic E-state index is 0.293. The highest BCUT2D eigenvalue weighted by Crippen LogP contribution is 2.07. The summed E-state index contributed by atoms with van der Waals surface area (Å²) < 4.78 is 4.65. The van der Waals surface area contributed by atoms with Crippen molar-refractivity contribution in [2.24, 2.45) is 5.73 Å². The van der Waals surface area contributed by atoms with Crippen LogP contribution in [0, 0.1) is 0 Å². The molecule has 104 valence electrons. The van der Waals surface area contributed by atoms with Crippen LogP contribution in [0.25, 0.3) is 0 Å². The molecule has 0 heterocycles. The van der Waals surface area contributed by atoms with Gasteiger partial charge in [0.05, 0.1) is 6.54 Å². The first-order valence-corrected chi connectivity index (χ1v) is 6.41. The van der Waals surface area contributed by atoms with Crippen LogP contribution < -0.4 is 5.73 Å². The summed E-state index contributed by atoms with van der Waals surface area (Å²) in [6, 6.07) is 9.58. The van der Waals surface area contributed by atoms with E-state index in [0.717, 1.165) is 18.4 Å². The molecule has 0 aromatic heterocycles. The second-order valence-corrected chi connectivity index (χ2v) is 4.20. The van der Waals surface area contributed by atoms with E-state index >= 15 is 0 Å². The summed E-state index contributed by atoms with van der Waals surface area (Å²) in [5, 5.41) is 0. The molecule has 0 saturated carbocycles. The fourth-order valence-corrected chi connectivity index (χ4v) is 1.59. The van der Waals surface area contributed by atoms with Gasteiger partial charge in [0.25, 0.3) is 0 Å². The lowest BCUT2D eigenvalue weighted by Crippen LogP contribution is -2.35. The lowest BCUT2D eigenvalue weighted by molar-refractivity contribution is -0.136. The van der Waals surface area contributed by atoms with Crippen LogP contribution in [-0.2, 0) is 16.1 Å². The van der Waals surface area contributed by atoms with Gasteiger partial charge in [-0.05, 0) is 12.0 Å². The lowest BCUT2D eigenvalue weighted by atomic mass is 10.2. The third-order valence-corrected chi connectivity index (χ3v) is 2.62. The molecule has 0 saturated heterocycles. The molecule has 1 aromatic carbocycles. The number of carbonyl (C=O) groups is 2. The van der Waals surface area contributed by atoms with Crippen LogP contribution in [-0.4, -0.2) is 30.1 Å². The maximum atomic E-state index is 11.9. The second kappa shape index (κ2) is 8.26. The molecule has 19 heavy (non-hydrogen) atoms. The van der Waals surface area contributed by atoms with Gasteiger partial charge in [-0.2, -0.15) is 0 Å². The quantitative estimate of drug-likeness (QED) is 0.629. The molecule has 0 atom stereocenters. The molecule has 1 amide bonds. The first-order valence-electron chi connectivity index (χ1n) is 6.41. The zero-order valence-electron chi connectivity index (χ0n) is 11.2. The van der Waals surface area contributed by atoms with E-state index in [-0.39, 0.29) is 6.54 Å². The number of nitrogens with zero attached hydrogens (tertiary/aromatic N) is 1. The van der Waals surface area contributed by atoms with E-state index in [1.165, 1.54) is 4.90 Å². The number of carbonyl (C=O) groups excluding carboxylic acids is 2. The standard InChI is InChI=1S/C14H20N2O3/c1-2-3-9-16(14(18)19-13(17)10-15)11-12-7-5-4-6-8-12/h4-8H,2-3,9-11,15H2,1H3. The van der Waals surface area contributed by atoms with E-state index in [4.69, 9.17) is 5.73 Å². The number of amides is 1. The number of nitrogens with two attached hydrogens (primary N) is 1. The second-order valence-electron chi connectivity index (χ2n) is 4.20. The fraction of sp³-hybridized carbons (Fsp3) is 0.429. The van der Waals surface area contributed by atoms with Gasteiger partial charge in [-0.15, -0.1) is 0 Å². The van der Waals surface area contributed by atoms with E-state index in [1.807, 2.05) is 37.3 Å². The van der Waals surface area contributed by atoms with Crippen LogP contribution >= 0.6 is 0 Å². The zero-order valence-corrected chi connectivity index (χ0v) is 11.2. The van der Waals surface area contributed by atoms with Crippen LogP contribution in [0.5, 0.6) is 0 Å². The molecule has 1 aromatic rings. The third kappa shape index (κ3) is 5.52. The van der Waals surface area contributed by atoms with Crippen molar-refractivity contribution in [2.75, 3.05) is 13.1 Å². The molecule has 0 unspecified atom stereocenters. The Hall–Kier alpha value is -1.88. The minimum Gasteiger partial charge on any atom is -0.375 e. The first-order chi connectivity index (χ1) is 9.17. The summed E-state index contributed by atoms with van der Waals surface area (Å²) >= 11 is 0. The van der Waals surface area contributed by atoms with Gasteiger partial charge in [0.15, 0.2) is 0 Å². The lowest BCUT2D eigenvalue weighted by Gasteiger charge is -2.21. The average molecular weight is 264 g/mol. The Balaban J connectivity index is 2.65. The summed E-state index contributed by atoms with van der Waals surface area (Å²) in [5.74, 6) is -0.709. The Kier molecular flexibility index (Phi) is 6.60. The van der Waals surface area contributed by atoms with Gasteiger partial charge in [-0.1, -0.05) is 43.7 Å². The monoisotopic (exact) mass is 264 g/mol. The molecule has 0 radical (unpaired) electrons. The van der Waals surface area contributed by atoms with Gasteiger partial charge in [-0.25, -0.2) is 4.79 Å². The Bertz CT molecular complexity index is 406. The number of unbranched alkanes of at least 4 members (excludes halogenated alkanes) is 1. The molecule has 5 nitrogen and oxygen atoms in total. The topological polar surface area (TPSA) is 72.6 Å². The largest absolute Gasteiger partial charge is 0.417 e. The van der Waals surface area contributed by atoms with Gasteiger partial charge < -0.3 is 15.4 Å². The molecule has 0 aliphatic carbocycles.